The Hall–Kier alpha value is -2.73. The fraction of sp³-hybridized carbons (Fsp3) is 0.300. The van der Waals surface area contributed by atoms with E-state index < -0.39 is 5.91 Å². The second kappa shape index (κ2) is 9.83. The van der Waals surface area contributed by atoms with Gasteiger partial charge in [0.2, 0.25) is 0 Å². The number of nitrogens with one attached hydrogen (secondary N) is 1. The standard InChI is InChI=1S/C20H23ClN2O4/c1-4-13(2)14-5-7-17(8-6-14)27-12-19(24)23-22-11-15-9-16(21)10-18(26-3)20(15)25/h5-11,13,25H,4,12H2,1-3H3,(H,23,24). The Morgan fingerprint density at radius 2 is 2.04 bits per heavy atom. The van der Waals surface area contributed by atoms with Crippen molar-refractivity contribution in [3.8, 4) is 17.2 Å². The van der Waals surface area contributed by atoms with Gasteiger partial charge >= 0.3 is 0 Å². The van der Waals surface area contributed by atoms with E-state index in [0.29, 0.717) is 22.3 Å². The molecule has 0 heterocycles. The first-order valence-corrected chi connectivity index (χ1v) is 8.93. The summed E-state index contributed by atoms with van der Waals surface area (Å²) in [7, 11) is 1.42. The van der Waals surface area contributed by atoms with Gasteiger partial charge < -0.3 is 14.6 Å². The van der Waals surface area contributed by atoms with Gasteiger partial charge in [-0.25, -0.2) is 5.43 Å². The number of hydrazone groups is 1. The van der Waals surface area contributed by atoms with E-state index in [-0.39, 0.29) is 18.1 Å². The molecule has 0 fully saturated rings. The normalized spacial score (nSPS) is 12.0. The molecular weight excluding hydrogens is 368 g/mol. The van der Waals surface area contributed by atoms with Gasteiger partial charge in [-0.1, -0.05) is 37.6 Å². The zero-order chi connectivity index (χ0) is 19.8. The number of methoxy groups -OCH3 is 1. The number of phenols is 1. The Labute approximate surface area is 163 Å². The van der Waals surface area contributed by atoms with Gasteiger partial charge in [0.1, 0.15) is 5.75 Å². The van der Waals surface area contributed by atoms with Gasteiger partial charge in [-0.15, -0.1) is 0 Å². The highest BCUT2D eigenvalue weighted by Gasteiger charge is 2.09. The summed E-state index contributed by atoms with van der Waals surface area (Å²) in [6.45, 7) is 4.12. The van der Waals surface area contributed by atoms with Crippen molar-refractivity contribution in [2.45, 2.75) is 26.2 Å². The molecule has 2 rings (SSSR count). The molecule has 1 unspecified atom stereocenters. The Bertz CT molecular complexity index is 806. The zero-order valence-electron chi connectivity index (χ0n) is 15.5. The summed E-state index contributed by atoms with van der Waals surface area (Å²) in [5, 5.41) is 14.2. The molecule has 0 aliphatic rings. The molecule has 0 saturated heterocycles. The molecule has 144 valence electrons. The fourth-order valence-corrected chi connectivity index (χ4v) is 2.55. The van der Waals surface area contributed by atoms with Gasteiger partial charge in [0.05, 0.1) is 13.3 Å². The van der Waals surface area contributed by atoms with Crippen LogP contribution in [0.3, 0.4) is 0 Å². The lowest BCUT2D eigenvalue weighted by molar-refractivity contribution is -0.123. The first-order valence-electron chi connectivity index (χ1n) is 8.55. The number of halogens is 1. The highest BCUT2D eigenvalue weighted by molar-refractivity contribution is 6.31. The van der Waals surface area contributed by atoms with Gasteiger partial charge in [-0.05, 0) is 36.1 Å². The predicted molar refractivity (Wildman–Crippen MR) is 106 cm³/mol. The van der Waals surface area contributed by atoms with Crippen LogP contribution in [0.15, 0.2) is 41.5 Å². The molecule has 0 bridgehead atoms. The van der Waals surface area contributed by atoms with Crippen molar-refractivity contribution in [1.29, 1.82) is 0 Å². The number of benzene rings is 2. The molecule has 2 N–H and O–H groups in total. The van der Waals surface area contributed by atoms with Crippen LogP contribution in [0.1, 0.15) is 37.3 Å². The van der Waals surface area contributed by atoms with Crippen LogP contribution in [-0.2, 0) is 4.79 Å². The van der Waals surface area contributed by atoms with Crippen LogP contribution in [0, 0.1) is 0 Å². The summed E-state index contributed by atoms with van der Waals surface area (Å²) in [5.74, 6) is 0.777. The molecule has 27 heavy (non-hydrogen) atoms. The largest absolute Gasteiger partial charge is 0.504 e. The Morgan fingerprint density at radius 1 is 1.33 bits per heavy atom. The van der Waals surface area contributed by atoms with E-state index >= 15 is 0 Å². The predicted octanol–water partition coefficient (Wildman–Crippen LogP) is 4.10. The summed E-state index contributed by atoms with van der Waals surface area (Å²) in [4.78, 5) is 11.8. The van der Waals surface area contributed by atoms with Gasteiger partial charge in [-0.3, -0.25) is 4.79 Å². The summed E-state index contributed by atoms with van der Waals surface area (Å²) < 4.78 is 10.5. The molecule has 2 aromatic rings. The van der Waals surface area contributed by atoms with E-state index in [9.17, 15) is 9.90 Å². The maximum Gasteiger partial charge on any atom is 0.277 e. The van der Waals surface area contributed by atoms with Crippen molar-refractivity contribution in [3.63, 3.8) is 0 Å². The van der Waals surface area contributed by atoms with E-state index in [1.807, 2.05) is 24.3 Å². The Balaban J connectivity index is 1.88. The number of carbonyl (C=O) groups is 1. The maximum absolute atomic E-state index is 11.8. The molecular formula is C20H23ClN2O4. The molecule has 6 nitrogen and oxygen atoms in total. The van der Waals surface area contributed by atoms with E-state index in [4.69, 9.17) is 21.1 Å². The van der Waals surface area contributed by atoms with Crippen LogP contribution < -0.4 is 14.9 Å². The highest BCUT2D eigenvalue weighted by Crippen LogP contribution is 2.32. The second-order valence-electron chi connectivity index (χ2n) is 6.01. The van der Waals surface area contributed by atoms with Gasteiger partial charge in [0.15, 0.2) is 18.1 Å². The van der Waals surface area contributed by atoms with Crippen LogP contribution in [0.4, 0.5) is 0 Å². The minimum atomic E-state index is -0.425. The van der Waals surface area contributed by atoms with Gasteiger partial charge in [0.25, 0.3) is 5.91 Å². The molecule has 1 amide bonds. The molecule has 1 atom stereocenters. The van der Waals surface area contributed by atoms with E-state index in [0.717, 1.165) is 6.42 Å². The van der Waals surface area contributed by atoms with E-state index in [2.05, 4.69) is 24.4 Å². The Morgan fingerprint density at radius 3 is 2.67 bits per heavy atom. The molecule has 0 spiro atoms. The Kier molecular flexibility index (Phi) is 7.49. The SMILES string of the molecule is CCC(C)c1ccc(OCC(=O)NN=Cc2cc(Cl)cc(OC)c2O)cc1. The monoisotopic (exact) mass is 390 g/mol. The third kappa shape index (κ3) is 5.89. The third-order valence-corrected chi connectivity index (χ3v) is 4.33. The summed E-state index contributed by atoms with van der Waals surface area (Å²) >= 11 is 5.94. The number of rotatable bonds is 8. The zero-order valence-corrected chi connectivity index (χ0v) is 16.3. The number of nitrogens with zero attached hydrogens (tertiary/aromatic N) is 1. The highest BCUT2D eigenvalue weighted by atomic mass is 35.5. The second-order valence-corrected chi connectivity index (χ2v) is 6.44. The van der Waals surface area contributed by atoms with Crippen LogP contribution in [0.25, 0.3) is 0 Å². The van der Waals surface area contributed by atoms with Crippen molar-refractivity contribution >= 4 is 23.7 Å². The summed E-state index contributed by atoms with van der Waals surface area (Å²) in [6.07, 6.45) is 2.34. The molecule has 0 aromatic heterocycles. The number of amides is 1. The molecule has 0 radical (unpaired) electrons. The lowest BCUT2D eigenvalue weighted by atomic mass is 9.99. The van der Waals surface area contributed by atoms with Crippen molar-refractivity contribution in [1.82, 2.24) is 5.43 Å². The lowest BCUT2D eigenvalue weighted by Gasteiger charge is -2.10. The number of hydrogen-bond acceptors (Lipinski definition) is 5. The van der Waals surface area contributed by atoms with E-state index in [1.165, 1.54) is 31.0 Å². The molecule has 7 heteroatoms. The van der Waals surface area contributed by atoms with Crippen LogP contribution in [-0.4, -0.2) is 30.9 Å². The summed E-state index contributed by atoms with van der Waals surface area (Å²) in [5.41, 5.74) is 3.89. The smallest absolute Gasteiger partial charge is 0.277 e. The molecule has 0 aliphatic carbocycles. The average Bonchev–Trinajstić information content (AvgIpc) is 2.68. The maximum atomic E-state index is 11.8. The van der Waals surface area contributed by atoms with Crippen molar-refractivity contribution < 1.29 is 19.4 Å². The van der Waals surface area contributed by atoms with Crippen molar-refractivity contribution in [2.75, 3.05) is 13.7 Å². The fourth-order valence-electron chi connectivity index (χ4n) is 2.33. The van der Waals surface area contributed by atoms with Gasteiger partial charge in [-0.2, -0.15) is 5.10 Å². The first-order chi connectivity index (χ1) is 12.9. The quantitative estimate of drug-likeness (QED) is 0.525. The molecule has 2 aromatic carbocycles. The number of phenolic OH excluding ortho intramolecular Hbond substituents is 1. The molecule has 0 saturated carbocycles. The minimum absolute atomic E-state index is 0.113. The van der Waals surface area contributed by atoms with E-state index in [1.54, 1.807) is 0 Å². The lowest BCUT2D eigenvalue weighted by Crippen LogP contribution is -2.24. The van der Waals surface area contributed by atoms with Crippen LogP contribution >= 0.6 is 11.6 Å². The van der Waals surface area contributed by atoms with Crippen molar-refractivity contribution in [3.05, 3.63) is 52.5 Å². The average molecular weight is 391 g/mol. The first kappa shape index (κ1) is 20.6. The number of hydrogen-bond donors (Lipinski definition) is 2. The van der Waals surface area contributed by atoms with Crippen LogP contribution in [0.2, 0.25) is 5.02 Å². The number of aromatic hydroxyl groups is 1. The third-order valence-electron chi connectivity index (χ3n) is 4.11. The van der Waals surface area contributed by atoms with Crippen molar-refractivity contribution in [2.24, 2.45) is 5.10 Å². The van der Waals surface area contributed by atoms with Gasteiger partial charge in [0, 0.05) is 16.7 Å². The number of carbonyl (C=O) groups excluding carboxylic acids is 1. The van der Waals surface area contributed by atoms with Crippen LogP contribution in [0.5, 0.6) is 17.2 Å². The topological polar surface area (TPSA) is 80.2 Å². The molecule has 0 aliphatic heterocycles. The minimum Gasteiger partial charge on any atom is -0.504 e. The summed E-state index contributed by atoms with van der Waals surface area (Å²) in [6, 6.07) is 10.7. The number of ether oxygens (including phenoxy) is 2.